The fourth-order valence-corrected chi connectivity index (χ4v) is 2.14. The van der Waals surface area contributed by atoms with Crippen molar-refractivity contribution in [2.75, 3.05) is 0 Å². The van der Waals surface area contributed by atoms with Crippen molar-refractivity contribution in [1.82, 2.24) is 0 Å². The van der Waals surface area contributed by atoms with Crippen LogP contribution in [0.1, 0.15) is 29.6 Å². The molecule has 2 rings (SSSR count). The summed E-state index contributed by atoms with van der Waals surface area (Å²) in [6.45, 7) is 0. The Balaban J connectivity index is 2.30. The Morgan fingerprint density at radius 2 is 2.00 bits per heavy atom. The van der Waals surface area contributed by atoms with Gasteiger partial charge in [-0.1, -0.05) is 22.4 Å². The maximum absolute atomic E-state index is 12.3. The number of ketones is 1. The molecule has 0 aliphatic heterocycles. The Bertz CT molecular complexity index is 467. The average Bonchev–Trinajstić information content (AvgIpc) is 2.11. The molecule has 0 bridgehead atoms. The summed E-state index contributed by atoms with van der Waals surface area (Å²) >= 11 is 3.06. The molecule has 1 aromatic rings. The number of carbonyl (C=O) groups excluding carboxylic acids is 1. The summed E-state index contributed by atoms with van der Waals surface area (Å²) in [5.41, 5.74) is 0.000208. The number of hydrogen-bond donors (Lipinski definition) is 0. The number of alkyl halides is 3. The van der Waals surface area contributed by atoms with Gasteiger partial charge in [0.2, 0.25) is 0 Å². The van der Waals surface area contributed by atoms with Gasteiger partial charge in [-0.05, 0) is 31.0 Å². The molecule has 0 heterocycles. The molecule has 0 N–H and O–H groups in total. The molecule has 18 heavy (non-hydrogen) atoms. The summed E-state index contributed by atoms with van der Waals surface area (Å²) < 4.78 is 41.1. The number of rotatable bonds is 3. The summed E-state index contributed by atoms with van der Waals surface area (Å²) in [5, 5.41) is 0. The minimum Gasteiger partial charge on any atom is -0.405 e. The number of ether oxygens (including phenoxy) is 1. The number of halogens is 4. The van der Waals surface area contributed by atoms with E-state index in [4.69, 9.17) is 0 Å². The maximum atomic E-state index is 12.3. The first-order valence-corrected chi connectivity index (χ1v) is 6.25. The Hall–Kier alpha value is -1.04. The highest BCUT2D eigenvalue weighted by molar-refractivity contribution is 9.10. The van der Waals surface area contributed by atoms with Crippen LogP contribution in [0.2, 0.25) is 0 Å². The highest BCUT2D eigenvalue weighted by atomic mass is 79.9. The van der Waals surface area contributed by atoms with Crippen molar-refractivity contribution in [1.29, 1.82) is 0 Å². The molecule has 1 saturated carbocycles. The first-order chi connectivity index (χ1) is 8.37. The van der Waals surface area contributed by atoms with E-state index < -0.39 is 12.1 Å². The van der Waals surface area contributed by atoms with Crippen molar-refractivity contribution < 1.29 is 22.7 Å². The molecule has 6 heteroatoms. The normalized spacial score (nSPS) is 16.2. The highest BCUT2D eigenvalue weighted by Gasteiger charge is 2.35. The minimum atomic E-state index is -4.80. The standard InChI is InChI=1S/C12H10BrF3O2/c13-8-4-5-9(11(17)7-2-1-3-7)10(6-8)18-12(14,15)16/h4-7H,1-3H2. The van der Waals surface area contributed by atoms with Crippen LogP contribution in [0.15, 0.2) is 22.7 Å². The fourth-order valence-electron chi connectivity index (χ4n) is 1.80. The lowest BCUT2D eigenvalue weighted by Crippen LogP contribution is -2.24. The van der Waals surface area contributed by atoms with E-state index in [1.807, 2.05) is 0 Å². The van der Waals surface area contributed by atoms with Gasteiger partial charge < -0.3 is 4.74 Å². The Morgan fingerprint density at radius 1 is 1.33 bits per heavy atom. The zero-order valence-electron chi connectivity index (χ0n) is 9.26. The zero-order valence-corrected chi connectivity index (χ0v) is 10.8. The zero-order chi connectivity index (χ0) is 13.3. The monoisotopic (exact) mass is 322 g/mol. The molecular formula is C12H10BrF3O2. The Morgan fingerprint density at radius 3 is 2.50 bits per heavy atom. The van der Waals surface area contributed by atoms with Gasteiger partial charge in [-0.25, -0.2) is 0 Å². The van der Waals surface area contributed by atoms with Crippen molar-refractivity contribution in [2.45, 2.75) is 25.6 Å². The predicted octanol–water partition coefficient (Wildman–Crippen LogP) is 4.33. The maximum Gasteiger partial charge on any atom is 0.573 e. The number of carbonyl (C=O) groups is 1. The van der Waals surface area contributed by atoms with E-state index in [0.717, 1.165) is 19.3 Å². The molecular weight excluding hydrogens is 313 g/mol. The van der Waals surface area contributed by atoms with E-state index in [-0.39, 0.29) is 17.3 Å². The van der Waals surface area contributed by atoms with Crippen molar-refractivity contribution in [3.8, 4) is 5.75 Å². The number of benzene rings is 1. The Labute approximate surface area is 110 Å². The molecule has 1 aromatic carbocycles. The van der Waals surface area contributed by atoms with Gasteiger partial charge in [0.05, 0.1) is 5.56 Å². The second-order valence-corrected chi connectivity index (χ2v) is 5.10. The van der Waals surface area contributed by atoms with Gasteiger partial charge in [-0.15, -0.1) is 13.2 Å². The van der Waals surface area contributed by atoms with Gasteiger partial charge in [-0.3, -0.25) is 4.79 Å². The molecule has 0 atom stereocenters. The quantitative estimate of drug-likeness (QED) is 0.774. The first kappa shape index (κ1) is 13.4. The Kier molecular flexibility index (Phi) is 3.66. The van der Waals surface area contributed by atoms with E-state index in [9.17, 15) is 18.0 Å². The smallest absolute Gasteiger partial charge is 0.405 e. The predicted molar refractivity (Wildman–Crippen MR) is 62.5 cm³/mol. The fraction of sp³-hybridized carbons (Fsp3) is 0.417. The largest absolute Gasteiger partial charge is 0.573 e. The SMILES string of the molecule is O=C(c1ccc(Br)cc1OC(F)(F)F)C1CCC1. The van der Waals surface area contributed by atoms with E-state index >= 15 is 0 Å². The summed E-state index contributed by atoms with van der Waals surface area (Å²) in [7, 11) is 0. The topological polar surface area (TPSA) is 26.3 Å². The van der Waals surface area contributed by atoms with Crippen LogP contribution in [0.4, 0.5) is 13.2 Å². The van der Waals surface area contributed by atoms with Gasteiger partial charge in [0.1, 0.15) is 5.75 Å². The molecule has 0 spiro atoms. The van der Waals surface area contributed by atoms with Crippen molar-refractivity contribution in [2.24, 2.45) is 5.92 Å². The molecule has 2 nitrogen and oxygen atoms in total. The molecule has 0 unspecified atom stereocenters. The van der Waals surface area contributed by atoms with Gasteiger partial charge in [0.25, 0.3) is 0 Å². The molecule has 98 valence electrons. The van der Waals surface area contributed by atoms with Crippen molar-refractivity contribution >= 4 is 21.7 Å². The van der Waals surface area contributed by atoms with Crippen LogP contribution >= 0.6 is 15.9 Å². The van der Waals surface area contributed by atoms with E-state index in [1.165, 1.54) is 18.2 Å². The first-order valence-electron chi connectivity index (χ1n) is 5.46. The van der Waals surface area contributed by atoms with Crippen LogP contribution in [0.5, 0.6) is 5.75 Å². The van der Waals surface area contributed by atoms with Crippen LogP contribution in [0.25, 0.3) is 0 Å². The number of Topliss-reactive ketones (excluding diaryl/α,β-unsaturated/α-hetero) is 1. The lowest BCUT2D eigenvalue weighted by atomic mass is 9.80. The van der Waals surface area contributed by atoms with Gasteiger partial charge in [0.15, 0.2) is 5.78 Å². The summed E-state index contributed by atoms with van der Waals surface area (Å²) in [6, 6.07) is 4.07. The average molecular weight is 323 g/mol. The van der Waals surface area contributed by atoms with Gasteiger partial charge >= 0.3 is 6.36 Å². The molecule has 0 amide bonds. The lowest BCUT2D eigenvalue weighted by Gasteiger charge is -2.24. The summed E-state index contributed by atoms with van der Waals surface area (Å²) in [4.78, 5) is 12.0. The molecule has 1 fully saturated rings. The third kappa shape index (κ3) is 3.04. The molecule has 0 radical (unpaired) electrons. The van der Waals surface area contributed by atoms with E-state index in [1.54, 1.807) is 0 Å². The minimum absolute atomic E-state index is 0.000208. The molecule has 0 saturated heterocycles. The van der Waals surface area contributed by atoms with E-state index in [0.29, 0.717) is 4.47 Å². The summed E-state index contributed by atoms with van der Waals surface area (Å²) in [5.74, 6) is -0.872. The van der Waals surface area contributed by atoms with Crippen LogP contribution in [0.3, 0.4) is 0 Å². The lowest BCUT2D eigenvalue weighted by molar-refractivity contribution is -0.274. The molecule has 0 aromatic heterocycles. The van der Waals surface area contributed by atoms with Crippen molar-refractivity contribution in [3.05, 3.63) is 28.2 Å². The summed E-state index contributed by atoms with van der Waals surface area (Å²) in [6.07, 6.45) is -2.38. The van der Waals surface area contributed by atoms with Crippen LogP contribution in [0, 0.1) is 5.92 Å². The second kappa shape index (κ2) is 4.91. The molecule has 1 aliphatic rings. The highest BCUT2D eigenvalue weighted by Crippen LogP contribution is 2.35. The van der Waals surface area contributed by atoms with Crippen LogP contribution < -0.4 is 4.74 Å². The van der Waals surface area contributed by atoms with Crippen LogP contribution in [-0.4, -0.2) is 12.1 Å². The van der Waals surface area contributed by atoms with Gasteiger partial charge in [-0.2, -0.15) is 0 Å². The molecule has 1 aliphatic carbocycles. The third-order valence-electron chi connectivity index (χ3n) is 2.91. The van der Waals surface area contributed by atoms with Crippen molar-refractivity contribution in [3.63, 3.8) is 0 Å². The van der Waals surface area contributed by atoms with E-state index in [2.05, 4.69) is 20.7 Å². The van der Waals surface area contributed by atoms with Crippen LogP contribution in [-0.2, 0) is 0 Å². The number of hydrogen-bond acceptors (Lipinski definition) is 2. The van der Waals surface area contributed by atoms with Gasteiger partial charge in [0, 0.05) is 10.4 Å². The third-order valence-corrected chi connectivity index (χ3v) is 3.40. The second-order valence-electron chi connectivity index (χ2n) is 4.18.